The van der Waals surface area contributed by atoms with Gasteiger partial charge >= 0.3 is 5.97 Å². The number of fused-ring (bicyclic) bond motifs is 3. The molecule has 1 aromatic rings. The lowest BCUT2D eigenvalue weighted by molar-refractivity contribution is -0.141. The molecule has 2 amide bonds. The number of carbonyl (C=O) groups is 5. The van der Waals surface area contributed by atoms with Gasteiger partial charge < -0.3 is 10.2 Å². The van der Waals surface area contributed by atoms with Crippen molar-refractivity contribution in [3.05, 3.63) is 64.0 Å². The Balaban J connectivity index is 1.51. The zero-order chi connectivity index (χ0) is 27.3. The van der Waals surface area contributed by atoms with Crippen LogP contribution in [0.15, 0.2) is 52.6 Å². The highest BCUT2D eigenvalue weighted by molar-refractivity contribution is 6.23. The molecule has 0 spiro atoms. The number of unbranched alkanes of at least 4 members (excludes halogenated alkanes) is 2. The molecule has 0 saturated carbocycles. The minimum absolute atomic E-state index is 0.0227. The highest BCUT2D eigenvalue weighted by atomic mass is 19.1. The number of nitrogens with zero attached hydrogens (tertiary/aromatic N) is 1. The van der Waals surface area contributed by atoms with Crippen LogP contribution in [0.5, 0.6) is 5.75 Å². The lowest BCUT2D eigenvalue weighted by Gasteiger charge is -2.42. The second-order valence-corrected chi connectivity index (χ2v) is 10.4. The highest BCUT2D eigenvalue weighted by Crippen LogP contribution is 2.56. The number of likely N-dealkylation sites (tertiary alicyclic amines) is 1. The Morgan fingerprint density at radius 3 is 2.58 bits per heavy atom. The number of benzene rings is 1. The van der Waals surface area contributed by atoms with Gasteiger partial charge in [0.2, 0.25) is 11.8 Å². The fraction of sp³-hybridized carbons (Fsp3) is 0.414. The number of phenols is 1. The molecular weight excluding hydrogens is 493 g/mol. The summed E-state index contributed by atoms with van der Waals surface area (Å²) in [5.74, 6) is -6.52. The topological polar surface area (TPSA) is 129 Å². The van der Waals surface area contributed by atoms with Crippen LogP contribution in [0.25, 0.3) is 0 Å². The Morgan fingerprint density at radius 2 is 1.84 bits per heavy atom. The number of rotatable bonds is 7. The molecule has 9 heteroatoms. The SMILES string of the molecule is CC1=CC(=O)C2=C(C[C@@H]3C(=CC[C@@H]4C(=O)N(CCCCCC(=O)O)C(=O)[C@@H]43)[C@@H]2c2cccc(F)c2O)C1=O. The smallest absolute Gasteiger partial charge is 0.303 e. The highest BCUT2D eigenvalue weighted by Gasteiger charge is 2.56. The molecule has 4 aliphatic rings. The van der Waals surface area contributed by atoms with Crippen LogP contribution in [-0.2, 0) is 24.0 Å². The summed E-state index contributed by atoms with van der Waals surface area (Å²) in [6, 6.07) is 4.04. The number of halogens is 1. The van der Waals surface area contributed by atoms with Crippen LogP contribution in [0.3, 0.4) is 0 Å². The molecule has 5 rings (SSSR count). The Morgan fingerprint density at radius 1 is 1.08 bits per heavy atom. The van der Waals surface area contributed by atoms with Gasteiger partial charge in [0.25, 0.3) is 0 Å². The van der Waals surface area contributed by atoms with Crippen LogP contribution >= 0.6 is 0 Å². The number of Topliss-reactive ketones (excluding diaryl/α,β-unsaturated/α-hetero) is 1. The summed E-state index contributed by atoms with van der Waals surface area (Å²) in [5, 5.41) is 19.4. The summed E-state index contributed by atoms with van der Waals surface area (Å²) < 4.78 is 14.4. The van der Waals surface area contributed by atoms with Crippen molar-refractivity contribution < 1.29 is 38.6 Å². The number of carboxylic acids is 1. The standard InChI is InChI=1S/C29H28FNO7/c1-14-12-21(32)25-19(26(14)35)13-18-15(23(25)16-6-5-7-20(30)27(16)36)9-10-17-24(18)29(38)31(28(17)37)11-4-2-3-8-22(33)34/h5-7,9,12,17-18,23-24,36H,2-4,8,10-11,13H2,1H3,(H,33,34)/t17-,18+,23+,24-/m0/s1. The van der Waals surface area contributed by atoms with Gasteiger partial charge in [-0.15, -0.1) is 0 Å². The molecule has 1 saturated heterocycles. The van der Waals surface area contributed by atoms with E-state index in [1.54, 1.807) is 6.92 Å². The molecule has 1 aromatic carbocycles. The molecule has 3 aliphatic carbocycles. The number of ketones is 2. The number of carboxylic acid groups (broad SMARTS) is 1. The zero-order valence-corrected chi connectivity index (χ0v) is 20.9. The quantitative estimate of drug-likeness (QED) is 0.243. The second-order valence-electron chi connectivity index (χ2n) is 10.4. The van der Waals surface area contributed by atoms with E-state index in [-0.39, 0.29) is 71.5 Å². The molecule has 4 atom stereocenters. The van der Waals surface area contributed by atoms with Crippen LogP contribution in [-0.4, -0.2) is 51.0 Å². The fourth-order valence-corrected chi connectivity index (χ4v) is 6.51. The van der Waals surface area contributed by atoms with Gasteiger partial charge in [-0.2, -0.15) is 0 Å². The first-order chi connectivity index (χ1) is 18.1. The number of amides is 2. The molecule has 2 N–H and O–H groups in total. The Hall–Kier alpha value is -3.88. The monoisotopic (exact) mass is 521 g/mol. The first kappa shape index (κ1) is 25.8. The maximum Gasteiger partial charge on any atom is 0.303 e. The van der Waals surface area contributed by atoms with E-state index in [4.69, 9.17) is 5.11 Å². The van der Waals surface area contributed by atoms with Crippen molar-refractivity contribution in [3.8, 4) is 5.75 Å². The molecular formula is C29H28FNO7. The number of aromatic hydroxyl groups is 1. The van der Waals surface area contributed by atoms with Crippen LogP contribution < -0.4 is 0 Å². The first-order valence-electron chi connectivity index (χ1n) is 12.9. The van der Waals surface area contributed by atoms with Crippen molar-refractivity contribution >= 4 is 29.4 Å². The van der Waals surface area contributed by atoms with E-state index in [1.165, 1.54) is 23.1 Å². The number of para-hydroxylation sites is 1. The van der Waals surface area contributed by atoms with E-state index in [0.717, 1.165) is 6.07 Å². The minimum Gasteiger partial charge on any atom is -0.505 e. The van der Waals surface area contributed by atoms with E-state index in [1.807, 2.05) is 6.08 Å². The lowest BCUT2D eigenvalue weighted by atomic mass is 9.59. The molecule has 8 nitrogen and oxygen atoms in total. The van der Waals surface area contributed by atoms with Gasteiger partial charge in [0, 0.05) is 41.2 Å². The van der Waals surface area contributed by atoms with Gasteiger partial charge in [-0.05, 0) is 50.7 Å². The fourth-order valence-electron chi connectivity index (χ4n) is 6.51. The molecule has 1 fully saturated rings. The maximum absolute atomic E-state index is 14.4. The van der Waals surface area contributed by atoms with E-state index >= 15 is 0 Å². The number of hydrogen-bond acceptors (Lipinski definition) is 6. The average molecular weight is 522 g/mol. The third kappa shape index (κ3) is 4.10. The van der Waals surface area contributed by atoms with Crippen LogP contribution in [0, 0.1) is 23.6 Å². The lowest BCUT2D eigenvalue weighted by Crippen LogP contribution is -2.40. The van der Waals surface area contributed by atoms with Crippen LogP contribution in [0.1, 0.15) is 56.9 Å². The third-order valence-corrected chi connectivity index (χ3v) is 8.25. The first-order valence-corrected chi connectivity index (χ1v) is 12.9. The van der Waals surface area contributed by atoms with E-state index in [2.05, 4.69) is 0 Å². The van der Waals surface area contributed by atoms with Gasteiger partial charge in [-0.3, -0.25) is 28.9 Å². The Kier molecular flexibility index (Phi) is 6.63. The molecule has 1 aliphatic heterocycles. The normalized spacial score (nSPS) is 26.6. The molecule has 198 valence electrons. The van der Waals surface area contributed by atoms with Crippen molar-refractivity contribution in [1.29, 1.82) is 0 Å². The molecule has 1 heterocycles. The van der Waals surface area contributed by atoms with Crippen molar-refractivity contribution in [2.45, 2.75) is 51.4 Å². The van der Waals surface area contributed by atoms with E-state index in [9.17, 15) is 33.5 Å². The predicted octanol–water partition coefficient (Wildman–Crippen LogP) is 3.61. The second kappa shape index (κ2) is 9.78. The summed E-state index contributed by atoms with van der Waals surface area (Å²) in [5.41, 5.74) is 1.50. The van der Waals surface area contributed by atoms with Crippen LogP contribution in [0.2, 0.25) is 0 Å². The summed E-state index contributed by atoms with van der Waals surface area (Å²) in [4.78, 5) is 65.3. The number of carbonyl (C=O) groups excluding carboxylic acids is 4. The minimum atomic E-state index is -0.908. The van der Waals surface area contributed by atoms with Crippen molar-refractivity contribution in [2.24, 2.45) is 17.8 Å². The Bertz CT molecular complexity index is 1370. The van der Waals surface area contributed by atoms with Gasteiger partial charge in [0.1, 0.15) is 0 Å². The molecule has 38 heavy (non-hydrogen) atoms. The molecule has 0 unspecified atom stereocenters. The molecule has 0 bridgehead atoms. The summed E-state index contributed by atoms with van der Waals surface area (Å²) >= 11 is 0. The van der Waals surface area contributed by atoms with Gasteiger partial charge in [-0.25, -0.2) is 4.39 Å². The summed E-state index contributed by atoms with van der Waals surface area (Å²) in [6.07, 6.45) is 4.95. The number of hydrogen-bond donors (Lipinski definition) is 2. The van der Waals surface area contributed by atoms with E-state index in [0.29, 0.717) is 24.8 Å². The van der Waals surface area contributed by atoms with Gasteiger partial charge in [0.15, 0.2) is 23.1 Å². The molecule has 0 aromatic heterocycles. The Labute approximate surface area is 218 Å². The van der Waals surface area contributed by atoms with Gasteiger partial charge in [0.05, 0.1) is 11.8 Å². The summed E-state index contributed by atoms with van der Waals surface area (Å²) in [6.45, 7) is 1.73. The molecule has 0 radical (unpaired) electrons. The number of phenolic OH excluding ortho intramolecular Hbond substituents is 1. The maximum atomic E-state index is 14.4. The third-order valence-electron chi connectivity index (χ3n) is 8.25. The average Bonchev–Trinajstić information content (AvgIpc) is 3.12. The van der Waals surface area contributed by atoms with Crippen LogP contribution in [0.4, 0.5) is 4.39 Å². The van der Waals surface area contributed by atoms with Crippen molar-refractivity contribution in [3.63, 3.8) is 0 Å². The summed E-state index contributed by atoms with van der Waals surface area (Å²) in [7, 11) is 0. The number of imide groups is 1. The predicted molar refractivity (Wildman–Crippen MR) is 132 cm³/mol. The number of aliphatic carboxylic acids is 1. The largest absolute Gasteiger partial charge is 0.505 e. The van der Waals surface area contributed by atoms with Gasteiger partial charge in [-0.1, -0.05) is 30.2 Å². The van der Waals surface area contributed by atoms with E-state index < -0.39 is 41.2 Å². The van der Waals surface area contributed by atoms with Crippen molar-refractivity contribution in [1.82, 2.24) is 4.90 Å². The zero-order valence-electron chi connectivity index (χ0n) is 20.9. The van der Waals surface area contributed by atoms with Crippen molar-refractivity contribution in [2.75, 3.05) is 6.54 Å². The number of allylic oxidation sites excluding steroid dienone is 6.